The zero-order valence-corrected chi connectivity index (χ0v) is 28.2. The topological polar surface area (TPSA) is 39.7 Å². The summed E-state index contributed by atoms with van der Waals surface area (Å²) < 4.78 is 18.1. The van der Waals surface area contributed by atoms with Gasteiger partial charge in [0.25, 0.3) is 0 Å². The van der Waals surface area contributed by atoms with E-state index in [-0.39, 0.29) is 0 Å². The minimum Gasteiger partial charge on any atom is -0.374 e. The van der Waals surface area contributed by atoms with Crippen LogP contribution in [0.15, 0.2) is 30.3 Å². The van der Waals surface area contributed by atoms with Gasteiger partial charge in [-0.2, -0.15) is 0 Å². The van der Waals surface area contributed by atoms with E-state index in [2.05, 4.69) is 42.6 Å². The van der Waals surface area contributed by atoms with E-state index in [1.807, 2.05) is 20.8 Å². The highest BCUT2D eigenvalue weighted by atomic mass is 28.4. The van der Waals surface area contributed by atoms with Crippen LogP contribution in [0.2, 0.25) is 6.04 Å². The first-order valence-corrected chi connectivity index (χ1v) is 19.3. The molecule has 0 saturated heterocycles. The van der Waals surface area contributed by atoms with Gasteiger partial charge in [0.05, 0.1) is 0 Å². The standard InChI is InChI=1S/C35H67NO3Si/c1-5-9-10-11-12-13-14-15-16-17-18-19-20-21-22-23-27-31-35(34-29-25-24-26-30-34)36-32-28-33-40(37-6-2,38-7-3)39-8-4/h24-26,29-30,35-36H,5-23,27-28,31-33H2,1-4H3. The lowest BCUT2D eigenvalue weighted by atomic mass is 9.99. The van der Waals surface area contributed by atoms with Gasteiger partial charge < -0.3 is 18.6 Å². The van der Waals surface area contributed by atoms with Crippen LogP contribution in [-0.2, 0) is 13.3 Å². The van der Waals surface area contributed by atoms with Gasteiger partial charge in [-0.25, -0.2) is 0 Å². The van der Waals surface area contributed by atoms with Gasteiger partial charge in [0.15, 0.2) is 0 Å². The number of unbranched alkanes of at least 4 members (excludes halogenated alkanes) is 16. The van der Waals surface area contributed by atoms with Crippen molar-refractivity contribution in [3.8, 4) is 0 Å². The quantitative estimate of drug-likeness (QED) is 0.0729. The fraction of sp³-hybridized carbons (Fsp3) is 0.829. The second-order valence-electron chi connectivity index (χ2n) is 11.4. The van der Waals surface area contributed by atoms with Crippen LogP contribution < -0.4 is 5.32 Å². The van der Waals surface area contributed by atoms with Crippen LogP contribution in [0.1, 0.15) is 161 Å². The van der Waals surface area contributed by atoms with Crippen molar-refractivity contribution < 1.29 is 13.3 Å². The van der Waals surface area contributed by atoms with Gasteiger partial charge in [-0.3, -0.25) is 0 Å². The fourth-order valence-corrected chi connectivity index (χ4v) is 8.34. The molecule has 0 aliphatic heterocycles. The monoisotopic (exact) mass is 577 g/mol. The molecule has 234 valence electrons. The normalized spacial score (nSPS) is 12.7. The van der Waals surface area contributed by atoms with E-state index in [0.717, 1.165) is 19.0 Å². The molecule has 1 aromatic carbocycles. The molecule has 0 aliphatic rings. The maximum Gasteiger partial charge on any atom is 0.500 e. The van der Waals surface area contributed by atoms with Crippen LogP contribution in [-0.4, -0.2) is 35.2 Å². The van der Waals surface area contributed by atoms with Gasteiger partial charge in [0.1, 0.15) is 0 Å². The van der Waals surface area contributed by atoms with Gasteiger partial charge in [0, 0.05) is 31.9 Å². The number of hydrogen-bond acceptors (Lipinski definition) is 4. The summed E-state index contributed by atoms with van der Waals surface area (Å²) in [5.74, 6) is 0. The summed E-state index contributed by atoms with van der Waals surface area (Å²) in [5, 5.41) is 3.85. The minimum atomic E-state index is -2.55. The molecule has 0 radical (unpaired) electrons. The first-order chi connectivity index (χ1) is 19.7. The molecule has 0 aliphatic carbocycles. The maximum absolute atomic E-state index is 6.04. The Kier molecular flexibility index (Phi) is 25.3. The second kappa shape index (κ2) is 27.1. The average molecular weight is 578 g/mol. The third kappa shape index (κ3) is 19.4. The van der Waals surface area contributed by atoms with E-state index < -0.39 is 8.80 Å². The Balaban J connectivity index is 2.17. The molecule has 5 heteroatoms. The average Bonchev–Trinajstić information content (AvgIpc) is 2.96. The maximum atomic E-state index is 6.04. The molecular weight excluding hydrogens is 510 g/mol. The van der Waals surface area contributed by atoms with Crippen LogP contribution in [0.3, 0.4) is 0 Å². The van der Waals surface area contributed by atoms with Gasteiger partial charge in [-0.05, 0) is 45.7 Å². The Hall–Kier alpha value is -0.723. The highest BCUT2D eigenvalue weighted by molar-refractivity contribution is 6.60. The molecule has 1 atom stereocenters. The van der Waals surface area contributed by atoms with E-state index in [1.54, 1.807) is 0 Å². The van der Waals surface area contributed by atoms with Crippen LogP contribution in [0, 0.1) is 0 Å². The molecule has 0 bridgehead atoms. The molecule has 0 saturated carbocycles. The number of hydrogen-bond donors (Lipinski definition) is 1. The van der Waals surface area contributed by atoms with Crippen LogP contribution in [0.4, 0.5) is 0 Å². The molecule has 1 rings (SSSR count). The van der Waals surface area contributed by atoms with Crippen LogP contribution >= 0.6 is 0 Å². The zero-order valence-electron chi connectivity index (χ0n) is 27.2. The van der Waals surface area contributed by atoms with Crippen molar-refractivity contribution in [3.63, 3.8) is 0 Å². The Labute approximate surface area is 251 Å². The van der Waals surface area contributed by atoms with E-state index in [9.17, 15) is 0 Å². The second-order valence-corrected chi connectivity index (χ2v) is 14.2. The van der Waals surface area contributed by atoms with Gasteiger partial charge >= 0.3 is 8.80 Å². The van der Waals surface area contributed by atoms with E-state index >= 15 is 0 Å². The highest BCUT2D eigenvalue weighted by Gasteiger charge is 2.39. The molecule has 0 heterocycles. The molecule has 0 fully saturated rings. The van der Waals surface area contributed by atoms with Crippen molar-refractivity contribution in [1.82, 2.24) is 5.32 Å². The van der Waals surface area contributed by atoms with Gasteiger partial charge in [-0.15, -0.1) is 0 Å². The molecule has 1 unspecified atom stereocenters. The third-order valence-electron chi connectivity index (χ3n) is 7.94. The Morgan fingerprint density at radius 2 is 0.975 bits per heavy atom. The minimum absolute atomic E-state index is 0.417. The van der Waals surface area contributed by atoms with Gasteiger partial charge in [0.2, 0.25) is 0 Å². The predicted octanol–water partition coefficient (Wildman–Crippen LogP) is 10.8. The largest absolute Gasteiger partial charge is 0.500 e. The van der Waals surface area contributed by atoms with Gasteiger partial charge in [-0.1, -0.05) is 146 Å². The molecule has 40 heavy (non-hydrogen) atoms. The summed E-state index contributed by atoms with van der Waals surface area (Å²) >= 11 is 0. The molecule has 0 spiro atoms. The van der Waals surface area contributed by atoms with Crippen molar-refractivity contribution in [3.05, 3.63) is 35.9 Å². The van der Waals surface area contributed by atoms with Crippen molar-refractivity contribution >= 4 is 8.80 Å². The van der Waals surface area contributed by atoms with E-state index in [0.29, 0.717) is 25.9 Å². The van der Waals surface area contributed by atoms with Crippen molar-refractivity contribution in [2.24, 2.45) is 0 Å². The summed E-state index contributed by atoms with van der Waals surface area (Å²) in [6, 6.07) is 12.3. The number of benzene rings is 1. The molecule has 0 aromatic heterocycles. The zero-order chi connectivity index (χ0) is 29.0. The third-order valence-corrected chi connectivity index (χ3v) is 11.1. The van der Waals surface area contributed by atoms with Crippen molar-refractivity contribution in [1.29, 1.82) is 0 Å². The van der Waals surface area contributed by atoms with Crippen molar-refractivity contribution in [2.75, 3.05) is 26.4 Å². The summed E-state index contributed by atoms with van der Waals surface area (Å²) in [6.45, 7) is 11.3. The lowest BCUT2D eigenvalue weighted by Crippen LogP contribution is -2.46. The van der Waals surface area contributed by atoms with E-state index in [1.165, 1.54) is 121 Å². The van der Waals surface area contributed by atoms with E-state index in [4.69, 9.17) is 13.3 Å². The lowest BCUT2D eigenvalue weighted by molar-refractivity contribution is 0.0707. The smallest absolute Gasteiger partial charge is 0.374 e. The summed E-state index contributed by atoms with van der Waals surface area (Å²) in [7, 11) is -2.55. The highest BCUT2D eigenvalue weighted by Crippen LogP contribution is 2.22. The first-order valence-electron chi connectivity index (χ1n) is 17.4. The SMILES string of the molecule is CCCCCCCCCCCCCCCCCCCC(NCCC[Si](OCC)(OCC)OCC)c1ccccc1. The number of rotatable bonds is 30. The van der Waals surface area contributed by atoms with Crippen LogP contribution in [0.5, 0.6) is 0 Å². The fourth-order valence-electron chi connectivity index (χ4n) is 5.73. The Morgan fingerprint density at radius 1 is 0.550 bits per heavy atom. The van der Waals surface area contributed by atoms with Crippen molar-refractivity contribution in [2.45, 2.75) is 162 Å². The molecule has 0 amide bonds. The lowest BCUT2D eigenvalue weighted by Gasteiger charge is -2.29. The Bertz CT molecular complexity index is 628. The summed E-state index contributed by atoms with van der Waals surface area (Å²) in [5.41, 5.74) is 1.40. The van der Waals surface area contributed by atoms with Crippen LogP contribution in [0.25, 0.3) is 0 Å². The Morgan fingerprint density at radius 3 is 1.40 bits per heavy atom. The number of nitrogens with one attached hydrogen (secondary N) is 1. The molecular formula is C35H67NO3Si. The molecule has 4 nitrogen and oxygen atoms in total. The first kappa shape index (κ1) is 37.3. The predicted molar refractivity (Wildman–Crippen MR) is 176 cm³/mol. The summed E-state index contributed by atoms with van der Waals surface area (Å²) in [4.78, 5) is 0. The molecule has 1 aromatic rings. The summed E-state index contributed by atoms with van der Waals surface area (Å²) in [6.07, 6.45) is 26.3. The molecule has 1 N–H and O–H groups in total.